The third-order valence-electron chi connectivity index (χ3n) is 5.82. The molecular weight excluding hydrogens is 418 g/mol. The van der Waals surface area contributed by atoms with Gasteiger partial charge in [0.05, 0.1) is 5.69 Å². The number of rotatable bonds is 4. The maximum atomic E-state index is 13.0. The Hall–Kier alpha value is -4.52. The zero-order valence-corrected chi connectivity index (χ0v) is 17.5. The van der Waals surface area contributed by atoms with Gasteiger partial charge in [-0.25, -0.2) is 5.01 Å². The van der Waals surface area contributed by atoms with Crippen LogP contribution in [0.1, 0.15) is 11.1 Å². The average molecular weight is 437 g/mol. The van der Waals surface area contributed by atoms with Crippen LogP contribution < -0.4 is 19.9 Å². The molecule has 4 aromatic rings. The zero-order chi connectivity index (χ0) is 22.4. The van der Waals surface area contributed by atoms with Crippen LogP contribution in [0.5, 0.6) is 11.5 Å². The Morgan fingerprint density at radius 2 is 1.70 bits per heavy atom. The summed E-state index contributed by atoms with van der Waals surface area (Å²) in [4.78, 5) is 25.6. The lowest BCUT2D eigenvalue weighted by Crippen LogP contribution is -2.35. The normalized spacial score (nSPS) is 16.1. The number of aromatic nitrogens is 1. The molecule has 162 valence electrons. The van der Waals surface area contributed by atoms with Gasteiger partial charge < -0.3 is 14.0 Å². The Labute approximate surface area is 189 Å². The van der Waals surface area contributed by atoms with Crippen molar-refractivity contribution in [2.45, 2.75) is 6.54 Å². The molecule has 7 nitrogen and oxygen atoms in total. The van der Waals surface area contributed by atoms with Gasteiger partial charge in [0.2, 0.25) is 6.79 Å². The van der Waals surface area contributed by atoms with Crippen molar-refractivity contribution >= 4 is 34.5 Å². The fourth-order valence-corrected chi connectivity index (χ4v) is 4.23. The highest BCUT2D eigenvalue weighted by Gasteiger charge is 2.34. The summed E-state index contributed by atoms with van der Waals surface area (Å²) in [6.45, 7) is 0.843. The van der Waals surface area contributed by atoms with E-state index in [9.17, 15) is 9.59 Å². The summed E-state index contributed by atoms with van der Waals surface area (Å²) in [6.07, 6.45) is 3.63. The van der Waals surface area contributed by atoms with Crippen molar-refractivity contribution in [2.24, 2.45) is 0 Å². The SMILES string of the molecule is O=C1NN(c2ccccc2)C(=O)C1=Cc1cn(Cc2ccc3c(c2)OCO3)c2ccccc12. The van der Waals surface area contributed by atoms with Gasteiger partial charge in [-0.3, -0.25) is 15.0 Å². The van der Waals surface area contributed by atoms with Gasteiger partial charge in [0.1, 0.15) is 5.57 Å². The number of carbonyl (C=O) groups is 2. The van der Waals surface area contributed by atoms with Crippen LogP contribution in [0.4, 0.5) is 5.69 Å². The summed E-state index contributed by atoms with van der Waals surface area (Å²) < 4.78 is 13.0. The fraction of sp³-hybridized carbons (Fsp3) is 0.0769. The molecule has 33 heavy (non-hydrogen) atoms. The van der Waals surface area contributed by atoms with E-state index in [1.54, 1.807) is 18.2 Å². The van der Waals surface area contributed by atoms with Crippen LogP contribution in [-0.2, 0) is 16.1 Å². The number of para-hydroxylation sites is 2. The number of hydrazine groups is 1. The molecular formula is C26H19N3O4. The van der Waals surface area contributed by atoms with E-state index in [0.717, 1.165) is 33.5 Å². The van der Waals surface area contributed by atoms with Gasteiger partial charge in [-0.2, -0.15) is 0 Å². The average Bonchev–Trinajstić information content (AvgIpc) is 3.52. The van der Waals surface area contributed by atoms with Gasteiger partial charge in [-0.1, -0.05) is 42.5 Å². The molecule has 1 N–H and O–H groups in total. The molecule has 1 aromatic heterocycles. The first-order valence-electron chi connectivity index (χ1n) is 10.6. The van der Waals surface area contributed by atoms with Crippen molar-refractivity contribution < 1.29 is 19.1 Å². The summed E-state index contributed by atoms with van der Waals surface area (Å²) in [5.74, 6) is 0.686. The minimum Gasteiger partial charge on any atom is -0.454 e. The van der Waals surface area contributed by atoms with Crippen molar-refractivity contribution in [2.75, 3.05) is 11.8 Å². The summed E-state index contributed by atoms with van der Waals surface area (Å²) in [5.41, 5.74) is 6.24. The third-order valence-corrected chi connectivity index (χ3v) is 5.82. The highest BCUT2D eigenvalue weighted by atomic mass is 16.7. The second-order valence-corrected chi connectivity index (χ2v) is 7.89. The number of amides is 2. The van der Waals surface area contributed by atoms with Crippen molar-refractivity contribution in [1.82, 2.24) is 9.99 Å². The largest absolute Gasteiger partial charge is 0.454 e. The van der Waals surface area contributed by atoms with E-state index in [2.05, 4.69) is 9.99 Å². The molecule has 1 fully saturated rings. The van der Waals surface area contributed by atoms with Crippen LogP contribution in [0.25, 0.3) is 17.0 Å². The Kier molecular flexibility index (Phi) is 4.40. The number of fused-ring (bicyclic) bond motifs is 2. The zero-order valence-electron chi connectivity index (χ0n) is 17.5. The van der Waals surface area contributed by atoms with Gasteiger partial charge in [0, 0.05) is 29.2 Å². The highest BCUT2D eigenvalue weighted by molar-refractivity contribution is 6.32. The van der Waals surface area contributed by atoms with Crippen LogP contribution in [0.2, 0.25) is 0 Å². The molecule has 0 atom stereocenters. The van der Waals surface area contributed by atoms with Crippen molar-refractivity contribution in [3.8, 4) is 11.5 Å². The third kappa shape index (κ3) is 3.30. The molecule has 0 bridgehead atoms. The highest BCUT2D eigenvalue weighted by Crippen LogP contribution is 2.33. The monoisotopic (exact) mass is 437 g/mol. The predicted octanol–water partition coefficient (Wildman–Crippen LogP) is 3.88. The molecule has 2 aliphatic rings. The summed E-state index contributed by atoms with van der Waals surface area (Å²) in [6, 6.07) is 22.9. The van der Waals surface area contributed by atoms with Crippen LogP contribution in [0, 0.1) is 0 Å². The van der Waals surface area contributed by atoms with Crippen molar-refractivity contribution in [1.29, 1.82) is 0 Å². The number of nitrogens with one attached hydrogen (secondary N) is 1. The lowest BCUT2D eigenvalue weighted by molar-refractivity contribution is -0.117. The van der Waals surface area contributed by atoms with Gasteiger partial charge in [0.15, 0.2) is 11.5 Å². The molecule has 3 heterocycles. The van der Waals surface area contributed by atoms with Gasteiger partial charge in [-0.15, -0.1) is 0 Å². The molecule has 7 heteroatoms. The summed E-state index contributed by atoms with van der Waals surface area (Å²) in [7, 11) is 0. The lowest BCUT2D eigenvalue weighted by Gasteiger charge is -2.13. The van der Waals surface area contributed by atoms with E-state index >= 15 is 0 Å². The maximum Gasteiger partial charge on any atom is 0.282 e. The van der Waals surface area contributed by atoms with E-state index in [0.29, 0.717) is 12.2 Å². The van der Waals surface area contributed by atoms with Crippen LogP contribution >= 0.6 is 0 Å². The fourth-order valence-electron chi connectivity index (χ4n) is 4.23. The standard InChI is InChI=1S/C26H19N3O4/c30-25-21(26(31)29(27-25)19-6-2-1-3-7-19)13-18-15-28(22-9-5-4-8-20(18)22)14-17-10-11-23-24(12-17)33-16-32-23/h1-13,15H,14,16H2,(H,27,30). The van der Waals surface area contributed by atoms with Crippen molar-refractivity contribution in [3.05, 3.63) is 95.7 Å². The van der Waals surface area contributed by atoms with E-state index in [1.165, 1.54) is 5.01 Å². The summed E-state index contributed by atoms with van der Waals surface area (Å²) in [5, 5.41) is 2.24. The number of ether oxygens (including phenoxy) is 2. The number of carbonyl (C=O) groups excluding carboxylic acids is 2. The van der Waals surface area contributed by atoms with Crippen LogP contribution in [0.15, 0.2) is 84.6 Å². The number of hydrogen-bond donors (Lipinski definition) is 1. The molecule has 0 saturated carbocycles. The topological polar surface area (TPSA) is 72.8 Å². The molecule has 1 saturated heterocycles. The van der Waals surface area contributed by atoms with E-state index in [1.807, 2.05) is 66.9 Å². The number of anilines is 1. The summed E-state index contributed by atoms with van der Waals surface area (Å²) >= 11 is 0. The molecule has 6 rings (SSSR count). The van der Waals surface area contributed by atoms with E-state index < -0.39 is 5.91 Å². The number of nitrogens with zero attached hydrogens (tertiary/aromatic N) is 2. The smallest absolute Gasteiger partial charge is 0.282 e. The molecule has 3 aromatic carbocycles. The van der Waals surface area contributed by atoms with Gasteiger partial charge in [0.25, 0.3) is 11.8 Å². The quantitative estimate of drug-likeness (QED) is 0.389. The second-order valence-electron chi connectivity index (χ2n) is 7.89. The van der Waals surface area contributed by atoms with Crippen LogP contribution in [-0.4, -0.2) is 23.2 Å². The maximum absolute atomic E-state index is 13.0. The molecule has 0 unspecified atom stereocenters. The van der Waals surface area contributed by atoms with E-state index in [4.69, 9.17) is 9.47 Å². The second kappa shape index (κ2) is 7.56. The van der Waals surface area contributed by atoms with Crippen molar-refractivity contribution in [3.63, 3.8) is 0 Å². The Morgan fingerprint density at radius 1 is 0.909 bits per heavy atom. The molecule has 0 radical (unpaired) electrons. The molecule has 2 amide bonds. The Balaban J connectivity index is 1.37. The minimum absolute atomic E-state index is 0.102. The molecule has 2 aliphatic heterocycles. The lowest BCUT2D eigenvalue weighted by atomic mass is 10.1. The minimum atomic E-state index is -0.420. The Morgan fingerprint density at radius 3 is 2.58 bits per heavy atom. The first-order valence-corrected chi connectivity index (χ1v) is 10.6. The molecule has 0 spiro atoms. The van der Waals surface area contributed by atoms with Gasteiger partial charge in [-0.05, 0) is 42.0 Å². The van der Waals surface area contributed by atoms with E-state index in [-0.39, 0.29) is 18.3 Å². The Bertz CT molecular complexity index is 1440. The molecule has 0 aliphatic carbocycles. The van der Waals surface area contributed by atoms with Crippen LogP contribution in [0.3, 0.4) is 0 Å². The number of benzene rings is 3. The number of hydrogen-bond acceptors (Lipinski definition) is 4. The van der Waals surface area contributed by atoms with Gasteiger partial charge >= 0.3 is 0 Å². The first-order chi connectivity index (χ1) is 16.2. The predicted molar refractivity (Wildman–Crippen MR) is 124 cm³/mol. The first kappa shape index (κ1) is 19.2.